The molecular weight excluding hydrogens is 306 g/mol. The van der Waals surface area contributed by atoms with E-state index in [2.05, 4.69) is 10.4 Å². The first-order valence-corrected chi connectivity index (χ1v) is 7.54. The lowest BCUT2D eigenvalue weighted by molar-refractivity contribution is -0.119. The zero-order valence-corrected chi connectivity index (χ0v) is 13.2. The molecule has 0 saturated heterocycles. The van der Waals surface area contributed by atoms with Gasteiger partial charge in [-0.05, 0) is 18.2 Å². The summed E-state index contributed by atoms with van der Waals surface area (Å²) < 4.78 is 5.24. The van der Waals surface area contributed by atoms with Gasteiger partial charge in [0, 0.05) is 5.56 Å². The van der Waals surface area contributed by atoms with Crippen molar-refractivity contribution in [2.45, 2.75) is 12.8 Å². The van der Waals surface area contributed by atoms with E-state index in [4.69, 9.17) is 4.74 Å². The smallest absolute Gasteiger partial charge is 0.255 e. The van der Waals surface area contributed by atoms with Crippen LogP contribution in [0.3, 0.4) is 0 Å². The Hall–Kier alpha value is -3.15. The van der Waals surface area contributed by atoms with Crippen LogP contribution < -0.4 is 15.1 Å². The molecule has 0 aromatic heterocycles. The van der Waals surface area contributed by atoms with E-state index in [0.717, 1.165) is 5.56 Å². The summed E-state index contributed by atoms with van der Waals surface area (Å²) in [5.74, 6) is 0.599. The lowest BCUT2D eigenvalue weighted by Gasteiger charge is -2.10. The molecule has 1 N–H and O–H groups in total. The van der Waals surface area contributed by atoms with E-state index >= 15 is 0 Å². The summed E-state index contributed by atoms with van der Waals surface area (Å²) in [4.78, 5) is 24.3. The van der Waals surface area contributed by atoms with Gasteiger partial charge in [0.15, 0.2) is 0 Å². The zero-order chi connectivity index (χ0) is 16.9. The first-order chi connectivity index (χ1) is 11.7. The van der Waals surface area contributed by atoms with Crippen LogP contribution in [0.5, 0.6) is 5.75 Å². The Morgan fingerprint density at radius 3 is 2.62 bits per heavy atom. The molecule has 3 rings (SSSR count). The third-order valence-electron chi connectivity index (χ3n) is 3.60. The van der Waals surface area contributed by atoms with Gasteiger partial charge in [-0.25, -0.2) is 0 Å². The standard InChI is InChI=1S/C18H17N3O3/c1-24-15-10-6-5-7-13(15)11-17(22)19-16-12-18(23)21(20-16)14-8-3-2-4-9-14/h2-10H,11-12H2,1H3,(H,19,20,22). The van der Waals surface area contributed by atoms with Crippen molar-refractivity contribution in [3.05, 3.63) is 60.2 Å². The number of hydrazone groups is 1. The van der Waals surface area contributed by atoms with Gasteiger partial charge >= 0.3 is 0 Å². The highest BCUT2D eigenvalue weighted by Crippen LogP contribution is 2.20. The molecule has 122 valence electrons. The van der Waals surface area contributed by atoms with E-state index < -0.39 is 0 Å². The Labute approximate surface area is 139 Å². The van der Waals surface area contributed by atoms with Gasteiger partial charge in [0.25, 0.3) is 5.91 Å². The third kappa shape index (κ3) is 3.43. The fourth-order valence-electron chi connectivity index (χ4n) is 2.50. The molecule has 1 aliphatic rings. The summed E-state index contributed by atoms with van der Waals surface area (Å²) in [6, 6.07) is 16.4. The quantitative estimate of drug-likeness (QED) is 0.937. The highest BCUT2D eigenvalue weighted by Gasteiger charge is 2.26. The summed E-state index contributed by atoms with van der Waals surface area (Å²) in [6.45, 7) is 0. The van der Waals surface area contributed by atoms with Gasteiger partial charge in [-0.3, -0.25) is 9.59 Å². The summed E-state index contributed by atoms with van der Waals surface area (Å²) in [6.07, 6.45) is 0.231. The van der Waals surface area contributed by atoms with E-state index in [9.17, 15) is 9.59 Å². The number of methoxy groups -OCH3 is 1. The summed E-state index contributed by atoms with van der Waals surface area (Å²) >= 11 is 0. The Morgan fingerprint density at radius 1 is 1.17 bits per heavy atom. The molecule has 0 radical (unpaired) electrons. The lowest BCUT2D eigenvalue weighted by atomic mass is 10.1. The van der Waals surface area contributed by atoms with Gasteiger partial charge in [-0.1, -0.05) is 36.4 Å². The van der Waals surface area contributed by atoms with Crippen molar-refractivity contribution >= 4 is 23.3 Å². The SMILES string of the molecule is COc1ccccc1CC(=O)NC1=NN(c2ccccc2)C(=O)C1. The minimum Gasteiger partial charge on any atom is -0.496 e. The van der Waals surface area contributed by atoms with Crippen molar-refractivity contribution in [1.82, 2.24) is 5.32 Å². The van der Waals surface area contributed by atoms with Crippen molar-refractivity contribution in [2.75, 3.05) is 12.1 Å². The Morgan fingerprint density at radius 2 is 1.88 bits per heavy atom. The number of carbonyl (C=O) groups is 2. The molecule has 0 saturated carbocycles. The Balaban J connectivity index is 1.68. The summed E-state index contributed by atoms with van der Waals surface area (Å²) in [5, 5.41) is 8.21. The molecule has 0 aliphatic carbocycles. The molecule has 6 nitrogen and oxygen atoms in total. The summed E-state index contributed by atoms with van der Waals surface area (Å²) in [5.41, 5.74) is 1.46. The van der Waals surface area contributed by atoms with Crippen LogP contribution in [0.15, 0.2) is 59.7 Å². The number of para-hydroxylation sites is 2. The van der Waals surface area contributed by atoms with Gasteiger partial charge < -0.3 is 10.1 Å². The van der Waals surface area contributed by atoms with Gasteiger partial charge in [0.1, 0.15) is 11.6 Å². The molecule has 0 spiro atoms. The number of hydrogen-bond donors (Lipinski definition) is 1. The number of amidine groups is 1. The van der Waals surface area contributed by atoms with Crippen molar-refractivity contribution < 1.29 is 14.3 Å². The van der Waals surface area contributed by atoms with E-state index in [-0.39, 0.29) is 24.7 Å². The average Bonchev–Trinajstić information content (AvgIpc) is 2.96. The average molecular weight is 323 g/mol. The second-order valence-corrected chi connectivity index (χ2v) is 5.30. The molecule has 0 bridgehead atoms. The van der Waals surface area contributed by atoms with Crippen molar-refractivity contribution in [3.8, 4) is 5.75 Å². The van der Waals surface area contributed by atoms with Gasteiger partial charge in [0.05, 0.1) is 25.6 Å². The number of nitrogens with zero attached hydrogens (tertiary/aromatic N) is 2. The van der Waals surface area contributed by atoms with Gasteiger partial charge in [0.2, 0.25) is 5.91 Å². The maximum atomic E-state index is 12.2. The molecule has 0 unspecified atom stereocenters. The van der Waals surface area contributed by atoms with Gasteiger partial charge in [-0.15, -0.1) is 0 Å². The minimum atomic E-state index is -0.235. The van der Waals surface area contributed by atoms with Crippen LogP contribution in [0.1, 0.15) is 12.0 Å². The second kappa shape index (κ2) is 6.95. The molecule has 6 heteroatoms. The molecule has 2 amide bonds. The normalized spacial score (nSPS) is 13.6. The van der Waals surface area contributed by atoms with Crippen LogP contribution in [0.2, 0.25) is 0 Å². The van der Waals surface area contributed by atoms with Crippen LogP contribution in [-0.4, -0.2) is 24.8 Å². The van der Waals surface area contributed by atoms with E-state index in [0.29, 0.717) is 17.3 Å². The Kier molecular flexibility index (Phi) is 4.56. The van der Waals surface area contributed by atoms with Crippen LogP contribution >= 0.6 is 0 Å². The van der Waals surface area contributed by atoms with Crippen LogP contribution in [0, 0.1) is 0 Å². The maximum Gasteiger partial charge on any atom is 0.255 e. The molecule has 0 atom stereocenters. The highest BCUT2D eigenvalue weighted by atomic mass is 16.5. The number of hydrogen-bond acceptors (Lipinski definition) is 4. The molecule has 24 heavy (non-hydrogen) atoms. The number of anilines is 1. The van der Waals surface area contributed by atoms with E-state index in [1.165, 1.54) is 5.01 Å². The number of carbonyl (C=O) groups excluding carboxylic acids is 2. The number of nitrogens with one attached hydrogen (secondary N) is 1. The zero-order valence-electron chi connectivity index (χ0n) is 13.2. The van der Waals surface area contributed by atoms with E-state index in [1.54, 1.807) is 25.3 Å². The fraction of sp³-hybridized carbons (Fsp3) is 0.167. The molecule has 2 aromatic carbocycles. The lowest BCUT2D eigenvalue weighted by Crippen LogP contribution is -2.31. The van der Waals surface area contributed by atoms with E-state index in [1.807, 2.05) is 36.4 Å². The molecule has 1 heterocycles. The first-order valence-electron chi connectivity index (χ1n) is 7.54. The minimum absolute atomic E-state index is 0.0760. The first kappa shape index (κ1) is 15.7. The number of amides is 2. The van der Waals surface area contributed by atoms with Crippen LogP contribution in [0.25, 0.3) is 0 Å². The maximum absolute atomic E-state index is 12.2. The van der Waals surface area contributed by atoms with Crippen molar-refractivity contribution in [1.29, 1.82) is 0 Å². The van der Waals surface area contributed by atoms with Crippen molar-refractivity contribution in [2.24, 2.45) is 5.10 Å². The monoisotopic (exact) mass is 323 g/mol. The Bertz CT molecular complexity index is 787. The largest absolute Gasteiger partial charge is 0.496 e. The predicted octanol–water partition coefficient (Wildman–Crippen LogP) is 2.10. The number of ether oxygens (including phenoxy) is 1. The van der Waals surface area contributed by atoms with Crippen molar-refractivity contribution in [3.63, 3.8) is 0 Å². The molecule has 2 aromatic rings. The highest BCUT2D eigenvalue weighted by molar-refractivity contribution is 6.15. The molecular formula is C18H17N3O3. The topological polar surface area (TPSA) is 71.0 Å². The second-order valence-electron chi connectivity index (χ2n) is 5.30. The fourth-order valence-corrected chi connectivity index (χ4v) is 2.50. The number of benzene rings is 2. The summed E-state index contributed by atoms with van der Waals surface area (Å²) in [7, 11) is 1.56. The van der Waals surface area contributed by atoms with Crippen LogP contribution in [-0.2, 0) is 16.0 Å². The number of rotatable bonds is 4. The third-order valence-corrected chi connectivity index (χ3v) is 3.60. The van der Waals surface area contributed by atoms with Crippen LogP contribution in [0.4, 0.5) is 5.69 Å². The van der Waals surface area contributed by atoms with Gasteiger partial charge in [-0.2, -0.15) is 10.1 Å². The molecule has 0 fully saturated rings. The molecule has 1 aliphatic heterocycles. The predicted molar refractivity (Wildman–Crippen MR) is 90.8 cm³/mol.